The number of hydrogen-bond acceptors (Lipinski definition) is 4. The zero-order valence-corrected chi connectivity index (χ0v) is 15.6. The third kappa shape index (κ3) is 4.60. The molecule has 7 heteroatoms. The summed E-state index contributed by atoms with van der Waals surface area (Å²) in [6, 6.07) is 16.4. The molecule has 0 unspecified atom stereocenters. The van der Waals surface area contributed by atoms with Crippen LogP contribution in [0.15, 0.2) is 60.8 Å². The second-order valence-electron chi connectivity index (χ2n) is 6.24. The predicted octanol–water partition coefficient (Wildman–Crippen LogP) is 5.54. The van der Waals surface area contributed by atoms with Crippen LogP contribution in [0.2, 0.25) is 0 Å². The van der Waals surface area contributed by atoms with Crippen LogP contribution in [0.5, 0.6) is 6.01 Å². The van der Waals surface area contributed by atoms with E-state index in [1.165, 1.54) is 4.90 Å². The van der Waals surface area contributed by atoms with Crippen molar-refractivity contribution in [1.82, 2.24) is 9.97 Å². The largest absolute Gasteiger partial charge is 0.459 e. The van der Waals surface area contributed by atoms with Crippen LogP contribution in [-0.4, -0.2) is 16.5 Å². The van der Waals surface area contributed by atoms with Gasteiger partial charge in [0.15, 0.2) is 5.82 Å². The molecule has 0 bridgehead atoms. The first kappa shape index (κ1) is 19.7. The second kappa shape index (κ2) is 8.29. The SMILES string of the molecule is CCN(c1ccc(C)cc1)c1nc(OCc2ccccc2)ncc1C(F)(F)F. The number of ether oxygens (including phenoxy) is 1. The number of rotatable bonds is 6. The lowest BCUT2D eigenvalue weighted by Gasteiger charge is -2.25. The molecule has 0 N–H and O–H groups in total. The molecule has 0 atom stereocenters. The Bertz CT molecular complexity index is 912. The highest BCUT2D eigenvalue weighted by Gasteiger charge is 2.37. The van der Waals surface area contributed by atoms with Gasteiger partial charge in [0.2, 0.25) is 0 Å². The van der Waals surface area contributed by atoms with Gasteiger partial charge < -0.3 is 9.64 Å². The molecule has 0 aliphatic carbocycles. The van der Waals surface area contributed by atoms with Gasteiger partial charge in [0.1, 0.15) is 12.2 Å². The van der Waals surface area contributed by atoms with Gasteiger partial charge in [-0.3, -0.25) is 0 Å². The normalized spacial score (nSPS) is 11.3. The zero-order valence-electron chi connectivity index (χ0n) is 15.6. The predicted molar refractivity (Wildman–Crippen MR) is 102 cm³/mol. The first-order valence-electron chi connectivity index (χ1n) is 8.83. The Hall–Kier alpha value is -3.09. The Morgan fingerprint density at radius 2 is 1.68 bits per heavy atom. The van der Waals surface area contributed by atoms with E-state index in [0.717, 1.165) is 17.3 Å². The molecule has 146 valence electrons. The number of benzene rings is 2. The summed E-state index contributed by atoms with van der Waals surface area (Å²) >= 11 is 0. The molecule has 0 saturated carbocycles. The van der Waals surface area contributed by atoms with Crippen molar-refractivity contribution in [2.75, 3.05) is 11.4 Å². The Labute approximate surface area is 161 Å². The summed E-state index contributed by atoms with van der Waals surface area (Å²) in [7, 11) is 0. The molecule has 28 heavy (non-hydrogen) atoms. The van der Waals surface area contributed by atoms with E-state index in [-0.39, 0.29) is 18.4 Å². The molecule has 1 aromatic heterocycles. The van der Waals surface area contributed by atoms with Crippen molar-refractivity contribution in [2.45, 2.75) is 26.6 Å². The average molecular weight is 387 g/mol. The van der Waals surface area contributed by atoms with Gasteiger partial charge in [-0.1, -0.05) is 48.0 Å². The highest BCUT2D eigenvalue weighted by atomic mass is 19.4. The van der Waals surface area contributed by atoms with Crippen LogP contribution in [0, 0.1) is 6.92 Å². The molecule has 4 nitrogen and oxygen atoms in total. The molecule has 0 spiro atoms. The minimum atomic E-state index is -4.58. The Balaban J connectivity index is 1.96. The zero-order chi connectivity index (χ0) is 20.1. The van der Waals surface area contributed by atoms with Crippen molar-refractivity contribution in [2.24, 2.45) is 0 Å². The number of alkyl halides is 3. The highest BCUT2D eigenvalue weighted by Crippen LogP contribution is 2.38. The fraction of sp³-hybridized carbons (Fsp3) is 0.238. The molecule has 0 saturated heterocycles. The topological polar surface area (TPSA) is 38.2 Å². The maximum Gasteiger partial charge on any atom is 0.421 e. The number of anilines is 2. The number of nitrogens with zero attached hydrogens (tertiary/aromatic N) is 3. The van der Waals surface area contributed by atoms with Crippen LogP contribution < -0.4 is 9.64 Å². The second-order valence-corrected chi connectivity index (χ2v) is 6.24. The third-order valence-electron chi connectivity index (χ3n) is 4.18. The Kier molecular flexibility index (Phi) is 5.82. The van der Waals surface area contributed by atoms with Crippen molar-refractivity contribution in [1.29, 1.82) is 0 Å². The lowest BCUT2D eigenvalue weighted by atomic mass is 10.2. The first-order valence-corrected chi connectivity index (χ1v) is 8.83. The summed E-state index contributed by atoms with van der Waals surface area (Å²) in [5, 5.41) is 0. The van der Waals surface area contributed by atoms with Crippen molar-refractivity contribution in [3.05, 3.63) is 77.5 Å². The minimum absolute atomic E-state index is 0.0996. The number of aromatic nitrogens is 2. The molecule has 0 fully saturated rings. The molecule has 2 aromatic carbocycles. The van der Waals surface area contributed by atoms with E-state index >= 15 is 0 Å². The van der Waals surface area contributed by atoms with E-state index in [1.54, 1.807) is 19.1 Å². The summed E-state index contributed by atoms with van der Waals surface area (Å²) in [6.07, 6.45) is -3.80. The molecular formula is C21H20F3N3O. The van der Waals surface area contributed by atoms with Crippen molar-refractivity contribution in [3.8, 4) is 6.01 Å². The van der Waals surface area contributed by atoms with Gasteiger partial charge in [0, 0.05) is 18.4 Å². The molecule has 0 amide bonds. The fourth-order valence-corrected chi connectivity index (χ4v) is 2.73. The van der Waals surface area contributed by atoms with Gasteiger partial charge >= 0.3 is 12.2 Å². The first-order chi connectivity index (χ1) is 13.4. The van der Waals surface area contributed by atoms with E-state index in [9.17, 15) is 13.2 Å². The maximum atomic E-state index is 13.6. The molecule has 3 rings (SSSR count). The van der Waals surface area contributed by atoms with E-state index in [1.807, 2.05) is 49.4 Å². The van der Waals surface area contributed by atoms with Gasteiger partial charge in [0.25, 0.3) is 0 Å². The lowest BCUT2D eigenvalue weighted by Crippen LogP contribution is -2.23. The molecule has 0 aliphatic heterocycles. The third-order valence-corrected chi connectivity index (χ3v) is 4.18. The molecule has 1 heterocycles. The summed E-state index contributed by atoms with van der Waals surface area (Å²) in [5.74, 6) is -0.225. The minimum Gasteiger partial charge on any atom is -0.459 e. The lowest BCUT2D eigenvalue weighted by molar-refractivity contribution is -0.137. The van der Waals surface area contributed by atoms with Crippen LogP contribution >= 0.6 is 0 Å². The van der Waals surface area contributed by atoms with E-state index in [0.29, 0.717) is 12.2 Å². The van der Waals surface area contributed by atoms with Crippen molar-refractivity contribution in [3.63, 3.8) is 0 Å². The van der Waals surface area contributed by atoms with Gasteiger partial charge in [-0.05, 0) is 31.5 Å². The van der Waals surface area contributed by atoms with Gasteiger partial charge in [-0.2, -0.15) is 18.2 Å². The molecule has 3 aromatic rings. The monoisotopic (exact) mass is 387 g/mol. The Morgan fingerprint density at radius 1 is 1.00 bits per heavy atom. The highest BCUT2D eigenvalue weighted by molar-refractivity contribution is 5.63. The van der Waals surface area contributed by atoms with Crippen LogP contribution in [0.4, 0.5) is 24.7 Å². The quantitative estimate of drug-likeness (QED) is 0.557. The summed E-state index contributed by atoms with van der Waals surface area (Å²) in [4.78, 5) is 9.36. The number of aryl methyl sites for hydroxylation is 1. The van der Waals surface area contributed by atoms with Crippen molar-refractivity contribution >= 4 is 11.5 Å². The van der Waals surface area contributed by atoms with Crippen LogP contribution in [0.25, 0.3) is 0 Å². The smallest absolute Gasteiger partial charge is 0.421 e. The number of hydrogen-bond donors (Lipinski definition) is 0. The number of halogens is 3. The van der Waals surface area contributed by atoms with Crippen LogP contribution in [0.1, 0.15) is 23.6 Å². The van der Waals surface area contributed by atoms with Crippen LogP contribution in [-0.2, 0) is 12.8 Å². The fourth-order valence-electron chi connectivity index (χ4n) is 2.73. The van der Waals surface area contributed by atoms with Gasteiger partial charge in [-0.15, -0.1) is 0 Å². The molecule has 0 radical (unpaired) electrons. The van der Waals surface area contributed by atoms with Crippen molar-refractivity contribution < 1.29 is 17.9 Å². The average Bonchev–Trinajstić information content (AvgIpc) is 2.68. The Morgan fingerprint density at radius 3 is 2.29 bits per heavy atom. The van der Waals surface area contributed by atoms with E-state index < -0.39 is 11.7 Å². The standard InChI is InChI=1S/C21H20F3N3O/c1-3-27(17-11-9-15(2)10-12-17)19-18(21(22,23)24)13-25-20(26-19)28-14-16-7-5-4-6-8-16/h4-13H,3,14H2,1-2H3. The summed E-state index contributed by atoms with van der Waals surface area (Å²) < 4.78 is 46.2. The van der Waals surface area contributed by atoms with Crippen LogP contribution in [0.3, 0.4) is 0 Å². The van der Waals surface area contributed by atoms with Gasteiger partial charge in [-0.25, -0.2) is 4.98 Å². The molecular weight excluding hydrogens is 367 g/mol. The van der Waals surface area contributed by atoms with Gasteiger partial charge in [0.05, 0.1) is 0 Å². The van der Waals surface area contributed by atoms with E-state index in [2.05, 4.69) is 9.97 Å². The van der Waals surface area contributed by atoms with E-state index in [4.69, 9.17) is 4.74 Å². The maximum absolute atomic E-state index is 13.6. The summed E-state index contributed by atoms with van der Waals surface area (Å²) in [6.45, 7) is 4.16. The molecule has 0 aliphatic rings. The summed E-state index contributed by atoms with van der Waals surface area (Å²) in [5.41, 5.74) is 1.61.